The number of aromatic nitrogens is 2. The van der Waals surface area contributed by atoms with Gasteiger partial charge in [0, 0.05) is 13.5 Å². The van der Waals surface area contributed by atoms with Crippen LogP contribution in [-0.4, -0.2) is 42.4 Å². The van der Waals surface area contributed by atoms with Crippen LogP contribution in [0.25, 0.3) is 0 Å². The van der Waals surface area contributed by atoms with Crippen LogP contribution in [0.2, 0.25) is 5.02 Å². The molecule has 17 heavy (non-hydrogen) atoms. The maximum atomic E-state index is 12.1. The summed E-state index contributed by atoms with van der Waals surface area (Å²) in [7, 11) is 1.62. The van der Waals surface area contributed by atoms with Gasteiger partial charge in [0.2, 0.25) is 0 Å². The summed E-state index contributed by atoms with van der Waals surface area (Å²) in [5, 5.41) is 7.67. The second-order valence-corrected chi connectivity index (χ2v) is 4.62. The van der Waals surface area contributed by atoms with E-state index in [2.05, 4.69) is 10.4 Å². The van der Waals surface area contributed by atoms with Crippen LogP contribution in [0, 0.1) is 5.92 Å². The van der Waals surface area contributed by atoms with Crippen molar-refractivity contribution in [2.45, 2.75) is 13.0 Å². The summed E-state index contributed by atoms with van der Waals surface area (Å²) in [4.78, 5) is 12.1. The van der Waals surface area contributed by atoms with Crippen molar-refractivity contribution in [2.75, 3.05) is 26.8 Å². The molecule has 0 amide bonds. The van der Waals surface area contributed by atoms with E-state index in [1.165, 1.54) is 6.20 Å². The van der Waals surface area contributed by atoms with Gasteiger partial charge in [0.1, 0.15) is 5.69 Å². The van der Waals surface area contributed by atoms with Crippen LogP contribution in [0.1, 0.15) is 16.9 Å². The van der Waals surface area contributed by atoms with Crippen LogP contribution >= 0.6 is 11.6 Å². The molecule has 2 heterocycles. The Kier molecular flexibility index (Phi) is 4.15. The number of halogens is 1. The Bertz CT molecular complexity index is 401. The van der Waals surface area contributed by atoms with Gasteiger partial charge in [0.25, 0.3) is 0 Å². The van der Waals surface area contributed by atoms with Crippen molar-refractivity contribution in [3.8, 4) is 0 Å². The molecule has 1 aromatic rings. The van der Waals surface area contributed by atoms with Crippen LogP contribution in [0.3, 0.4) is 0 Å². The number of hydrogen-bond acceptors (Lipinski definition) is 4. The average Bonchev–Trinajstić information content (AvgIpc) is 2.62. The van der Waals surface area contributed by atoms with E-state index in [0.29, 0.717) is 36.2 Å². The molecular weight excluding hydrogens is 242 g/mol. The van der Waals surface area contributed by atoms with E-state index >= 15 is 0 Å². The third-order valence-corrected chi connectivity index (χ3v) is 3.18. The van der Waals surface area contributed by atoms with Gasteiger partial charge in [0.15, 0.2) is 5.78 Å². The predicted molar refractivity (Wildman–Crippen MR) is 64.4 cm³/mol. The zero-order valence-electron chi connectivity index (χ0n) is 9.78. The van der Waals surface area contributed by atoms with Gasteiger partial charge in [-0.2, -0.15) is 5.10 Å². The monoisotopic (exact) mass is 257 g/mol. The van der Waals surface area contributed by atoms with E-state index in [1.54, 1.807) is 11.8 Å². The summed E-state index contributed by atoms with van der Waals surface area (Å²) in [5.74, 6) is 0.499. The molecule has 1 aromatic heterocycles. The molecule has 0 unspecified atom stereocenters. The van der Waals surface area contributed by atoms with Crippen molar-refractivity contribution in [3.63, 3.8) is 0 Å². The number of nitrogens with zero attached hydrogens (tertiary/aromatic N) is 2. The fraction of sp³-hybridized carbons (Fsp3) is 0.636. The van der Waals surface area contributed by atoms with E-state index < -0.39 is 0 Å². The second-order valence-electron chi connectivity index (χ2n) is 4.21. The van der Waals surface area contributed by atoms with Crippen LogP contribution in [-0.2, 0) is 11.3 Å². The lowest BCUT2D eigenvalue weighted by atomic mass is 9.95. The molecule has 0 saturated carbocycles. The third-order valence-electron chi connectivity index (χ3n) is 2.91. The first kappa shape index (κ1) is 12.5. The highest BCUT2D eigenvalue weighted by Crippen LogP contribution is 2.20. The molecule has 1 aliphatic heterocycles. The topological polar surface area (TPSA) is 56.2 Å². The number of Topliss-reactive ketones (excluding diaryl/α,β-unsaturated/α-hetero) is 1. The molecule has 6 heteroatoms. The normalized spacial score (nSPS) is 15.9. The summed E-state index contributed by atoms with van der Waals surface area (Å²) in [5.41, 5.74) is 0.510. The minimum atomic E-state index is 0.0649. The summed E-state index contributed by atoms with van der Waals surface area (Å²) in [6.07, 6.45) is 2.05. The number of rotatable bonds is 6. The Morgan fingerprint density at radius 2 is 2.47 bits per heavy atom. The van der Waals surface area contributed by atoms with Crippen LogP contribution in [0.15, 0.2) is 6.20 Å². The quantitative estimate of drug-likeness (QED) is 0.772. The maximum Gasteiger partial charge on any atom is 0.182 e. The van der Waals surface area contributed by atoms with Crippen LogP contribution in [0.5, 0.6) is 0 Å². The van der Waals surface area contributed by atoms with E-state index in [0.717, 1.165) is 13.1 Å². The Labute approximate surface area is 105 Å². The first-order valence-corrected chi connectivity index (χ1v) is 6.04. The van der Waals surface area contributed by atoms with Crippen molar-refractivity contribution < 1.29 is 9.53 Å². The Morgan fingerprint density at radius 1 is 1.71 bits per heavy atom. The van der Waals surface area contributed by atoms with Gasteiger partial charge in [-0.05, 0) is 19.0 Å². The molecule has 2 rings (SSSR count). The fourth-order valence-corrected chi connectivity index (χ4v) is 2.09. The highest BCUT2D eigenvalue weighted by Gasteiger charge is 2.24. The van der Waals surface area contributed by atoms with Gasteiger partial charge in [-0.1, -0.05) is 11.6 Å². The molecule has 5 nitrogen and oxygen atoms in total. The summed E-state index contributed by atoms with van der Waals surface area (Å²) < 4.78 is 6.60. The highest BCUT2D eigenvalue weighted by atomic mass is 35.5. The van der Waals surface area contributed by atoms with Crippen molar-refractivity contribution in [3.05, 3.63) is 16.9 Å². The van der Waals surface area contributed by atoms with Gasteiger partial charge >= 0.3 is 0 Å². The molecular formula is C11H16ClN3O2. The van der Waals surface area contributed by atoms with Crippen molar-refractivity contribution in [1.82, 2.24) is 15.1 Å². The van der Waals surface area contributed by atoms with E-state index in [4.69, 9.17) is 16.3 Å². The Balaban J connectivity index is 2.06. The highest BCUT2D eigenvalue weighted by molar-refractivity contribution is 6.33. The smallest absolute Gasteiger partial charge is 0.182 e. The first-order valence-electron chi connectivity index (χ1n) is 5.66. The van der Waals surface area contributed by atoms with E-state index in [9.17, 15) is 4.79 Å². The predicted octanol–water partition coefficient (Wildman–Crippen LogP) is 0.975. The van der Waals surface area contributed by atoms with Gasteiger partial charge in [-0.25, -0.2) is 0 Å². The summed E-state index contributed by atoms with van der Waals surface area (Å²) in [6.45, 7) is 2.89. The third kappa shape index (κ3) is 2.86. The molecule has 1 aliphatic rings. The molecule has 1 N–H and O–H groups in total. The number of ketones is 1. The average molecular weight is 258 g/mol. The largest absolute Gasteiger partial charge is 0.383 e. The molecule has 0 bridgehead atoms. The SMILES string of the molecule is COCCn1ncc(Cl)c1C(=O)CC1CNC1. The van der Waals surface area contributed by atoms with Crippen molar-refractivity contribution in [2.24, 2.45) is 5.92 Å². The van der Waals surface area contributed by atoms with Gasteiger partial charge in [0.05, 0.1) is 24.4 Å². The van der Waals surface area contributed by atoms with E-state index in [1.807, 2.05) is 0 Å². The van der Waals surface area contributed by atoms with Crippen molar-refractivity contribution >= 4 is 17.4 Å². The molecule has 0 atom stereocenters. The van der Waals surface area contributed by atoms with Gasteiger partial charge in [-0.15, -0.1) is 0 Å². The summed E-state index contributed by atoms with van der Waals surface area (Å²) in [6, 6.07) is 0. The van der Waals surface area contributed by atoms with Crippen LogP contribution in [0.4, 0.5) is 0 Å². The Hall–Kier alpha value is -0.910. The fourth-order valence-electron chi connectivity index (χ4n) is 1.84. The molecule has 94 valence electrons. The molecule has 1 saturated heterocycles. The molecule has 0 aliphatic carbocycles. The standard InChI is InChI=1S/C11H16ClN3O2/c1-17-3-2-15-11(9(12)7-14-15)10(16)4-8-5-13-6-8/h7-8,13H,2-6H2,1H3. The zero-order valence-corrected chi connectivity index (χ0v) is 10.5. The number of ether oxygens (including phenoxy) is 1. The molecule has 0 spiro atoms. The minimum absolute atomic E-state index is 0.0649. The summed E-state index contributed by atoms with van der Waals surface area (Å²) >= 11 is 6.00. The van der Waals surface area contributed by atoms with E-state index in [-0.39, 0.29) is 5.78 Å². The molecule has 1 fully saturated rings. The lowest BCUT2D eigenvalue weighted by molar-refractivity contribution is 0.0931. The lowest BCUT2D eigenvalue weighted by Gasteiger charge is -2.26. The molecule has 0 aromatic carbocycles. The van der Waals surface area contributed by atoms with Gasteiger partial charge in [-0.3, -0.25) is 9.48 Å². The second kappa shape index (κ2) is 5.62. The number of carbonyl (C=O) groups is 1. The number of nitrogens with one attached hydrogen (secondary N) is 1. The number of hydrogen-bond donors (Lipinski definition) is 1. The number of carbonyl (C=O) groups excluding carboxylic acids is 1. The first-order chi connectivity index (χ1) is 8.22. The zero-order chi connectivity index (χ0) is 12.3. The molecule has 0 radical (unpaired) electrons. The van der Waals surface area contributed by atoms with Gasteiger partial charge < -0.3 is 10.1 Å². The lowest BCUT2D eigenvalue weighted by Crippen LogP contribution is -2.43. The minimum Gasteiger partial charge on any atom is -0.383 e. The Morgan fingerprint density at radius 3 is 3.06 bits per heavy atom. The number of methoxy groups -OCH3 is 1. The van der Waals surface area contributed by atoms with Crippen molar-refractivity contribution in [1.29, 1.82) is 0 Å². The maximum absolute atomic E-state index is 12.1. The van der Waals surface area contributed by atoms with Crippen LogP contribution < -0.4 is 5.32 Å².